The lowest BCUT2D eigenvalue weighted by Crippen LogP contribution is -2.58. The Bertz CT molecular complexity index is 1150. The summed E-state index contributed by atoms with van der Waals surface area (Å²) in [4.78, 5) is 27.7. The lowest BCUT2D eigenvalue weighted by atomic mass is 9.61. The molecule has 1 amide bonds. The predicted molar refractivity (Wildman–Crippen MR) is 142 cm³/mol. The summed E-state index contributed by atoms with van der Waals surface area (Å²) in [7, 11) is 0. The van der Waals surface area contributed by atoms with Crippen LogP contribution in [0.25, 0.3) is 0 Å². The van der Waals surface area contributed by atoms with Gasteiger partial charge < -0.3 is 20.5 Å². The van der Waals surface area contributed by atoms with E-state index in [-0.39, 0.29) is 17.4 Å². The normalized spacial score (nSPS) is 33.8. The van der Waals surface area contributed by atoms with Gasteiger partial charge in [-0.15, -0.1) is 0 Å². The van der Waals surface area contributed by atoms with Crippen LogP contribution in [-0.4, -0.2) is 47.4 Å². The number of carbonyl (C=O) groups excluding carboxylic acids is 2. The second-order valence-electron chi connectivity index (χ2n) is 12.5. The third kappa shape index (κ3) is 5.40. The molecule has 3 aliphatic rings. The summed E-state index contributed by atoms with van der Waals surface area (Å²) in [6.07, 6.45) is 5.61. The Balaban J connectivity index is 1.81. The van der Waals surface area contributed by atoms with E-state index in [1.54, 1.807) is 31.2 Å². The molecule has 208 valence electrons. The van der Waals surface area contributed by atoms with E-state index in [9.17, 15) is 23.5 Å². The average Bonchev–Trinajstić information content (AvgIpc) is 3.26. The summed E-state index contributed by atoms with van der Waals surface area (Å²) in [6.45, 7) is 8.58. The molecule has 2 aliphatic heterocycles. The lowest BCUT2D eigenvalue weighted by molar-refractivity contribution is -0.141. The van der Waals surface area contributed by atoms with Crippen molar-refractivity contribution in [1.82, 2.24) is 10.6 Å². The smallest absolute Gasteiger partial charge is 0.324 e. The molecule has 0 radical (unpaired) electrons. The largest absolute Gasteiger partial charge is 0.425 e. The number of nitrogens with one attached hydrogen (secondary N) is 2. The van der Waals surface area contributed by atoms with Crippen molar-refractivity contribution < 1.29 is 28.2 Å². The van der Waals surface area contributed by atoms with Crippen molar-refractivity contribution in [2.75, 3.05) is 6.67 Å². The molecule has 1 aliphatic carbocycles. The van der Waals surface area contributed by atoms with Gasteiger partial charge in [-0.1, -0.05) is 57.5 Å². The Labute approximate surface area is 227 Å². The van der Waals surface area contributed by atoms with E-state index in [2.05, 4.69) is 31.4 Å². The molecule has 2 fully saturated rings. The zero-order valence-corrected chi connectivity index (χ0v) is 23.2. The third-order valence-corrected chi connectivity index (χ3v) is 8.18. The molecule has 0 aromatic heterocycles. The first kappa shape index (κ1) is 28.7. The minimum Gasteiger partial charge on any atom is -0.425 e. The fraction of sp³-hybridized carbons (Fsp3) is 0.586. The summed E-state index contributed by atoms with van der Waals surface area (Å²) in [5, 5.41) is 17.1. The molecule has 4 rings (SSSR count). The maximum atomic E-state index is 13.9. The molecule has 1 spiro atoms. The van der Waals surface area contributed by atoms with Crippen LogP contribution in [0.1, 0.15) is 59.4 Å². The number of benzene rings is 1. The van der Waals surface area contributed by atoms with Gasteiger partial charge in [-0.05, 0) is 55.7 Å². The monoisotopic (exact) mass is 550 g/mol. The van der Waals surface area contributed by atoms with Crippen molar-refractivity contribution in [1.29, 1.82) is 0 Å². The fourth-order valence-electron chi connectivity index (χ4n) is 6.49. The van der Waals surface area contributed by atoms with Crippen LogP contribution < -0.4 is 15.4 Å². The van der Waals surface area contributed by atoms with Crippen LogP contribution in [0.2, 0.25) is 5.02 Å². The van der Waals surface area contributed by atoms with E-state index in [4.69, 9.17) is 16.3 Å². The number of hydrogen-bond donors (Lipinski definition) is 3. The second kappa shape index (κ2) is 10.4. The maximum absolute atomic E-state index is 13.9. The highest BCUT2D eigenvalue weighted by atomic mass is 35.5. The highest BCUT2D eigenvalue weighted by Crippen LogP contribution is 2.56. The van der Waals surface area contributed by atoms with Crippen LogP contribution in [-0.2, 0) is 15.0 Å². The number of halogens is 3. The first-order valence-electron chi connectivity index (χ1n) is 13.1. The predicted octanol–water partition coefficient (Wildman–Crippen LogP) is 4.93. The van der Waals surface area contributed by atoms with Crippen molar-refractivity contribution in [3.05, 3.63) is 52.8 Å². The van der Waals surface area contributed by atoms with Gasteiger partial charge in [0, 0.05) is 28.6 Å². The summed E-state index contributed by atoms with van der Waals surface area (Å²) in [5.41, 5.74) is -1.57. The molecule has 38 heavy (non-hydrogen) atoms. The van der Waals surface area contributed by atoms with Gasteiger partial charge in [0.05, 0.1) is 11.6 Å². The van der Waals surface area contributed by atoms with Crippen LogP contribution in [0, 0.1) is 17.3 Å². The Morgan fingerprint density at radius 1 is 1.37 bits per heavy atom. The number of allylic oxidation sites excluding steroid dienone is 4. The second-order valence-corrected chi connectivity index (χ2v) is 12.9. The van der Waals surface area contributed by atoms with Gasteiger partial charge in [-0.2, -0.15) is 0 Å². The van der Waals surface area contributed by atoms with Gasteiger partial charge in [0.1, 0.15) is 23.7 Å². The van der Waals surface area contributed by atoms with Crippen LogP contribution in [0.3, 0.4) is 0 Å². The van der Waals surface area contributed by atoms with Crippen LogP contribution in [0.5, 0.6) is 5.75 Å². The molecule has 6 nitrogen and oxygen atoms in total. The Morgan fingerprint density at radius 3 is 2.66 bits per heavy atom. The molecule has 9 heteroatoms. The van der Waals surface area contributed by atoms with E-state index in [1.807, 2.05) is 6.92 Å². The number of amides is 1. The number of ether oxygens (including phenoxy) is 1. The number of hydrogen-bond acceptors (Lipinski definition) is 5. The van der Waals surface area contributed by atoms with Crippen molar-refractivity contribution in [2.24, 2.45) is 17.3 Å². The number of alkyl halides is 1. The lowest BCUT2D eigenvalue weighted by Gasteiger charge is -2.42. The van der Waals surface area contributed by atoms with Crippen LogP contribution in [0.4, 0.5) is 8.78 Å². The van der Waals surface area contributed by atoms with Crippen molar-refractivity contribution in [3.8, 4) is 5.75 Å². The average molecular weight is 551 g/mol. The van der Waals surface area contributed by atoms with E-state index >= 15 is 0 Å². The highest BCUT2D eigenvalue weighted by molar-refractivity contribution is 6.30. The number of rotatable bonds is 7. The number of aliphatic hydroxyl groups is 1. The summed E-state index contributed by atoms with van der Waals surface area (Å²) < 4.78 is 32.0. The van der Waals surface area contributed by atoms with Crippen LogP contribution >= 0.6 is 11.6 Å². The zero-order valence-electron chi connectivity index (χ0n) is 22.5. The topological polar surface area (TPSA) is 87.7 Å². The summed E-state index contributed by atoms with van der Waals surface area (Å²) >= 11 is 6.23. The van der Waals surface area contributed by atoms with Crippen molar-refractivity contribution in [2.45, 2.75) is 83.0 Å². The van der Waals surface area contributed by atoms with Crippen LogP contribution in [0.15, 0.2) is 42.3 Å². The van der Waals surface area contributed by atoms with E-state index in [0.29, 0.717) is 35.6 Å². The Kier molecular flexibility index (Phi) is 7.83. The molecule has 0 bridgehead atoms. The summed E-state index contributed by atoms with van der Waals surface area (Å²) in [6, 6.07) is 3.70. The number of esters is 1. The quantitative estimate of drug-likeness (QED) is 0.254. The molecular formula is C29H37ClF2N2O4. The van der Waals surface area contributed by atoms with Gasteiger partial charge in [0.15, 0.2) is 0 Å². The SMILES string of the molecule is CC(/C=C\C=C(\F)CF)[C@H]1[C@H](C(=O)NC2CC(C)(O)C2)N[C@H](CC(C)(C)C)[C@]12C(=O)Oc1cc(Cl)ccc12. The molecule has 5 atom stereocenters. The van der Waals surface area contributed by atoms with Gasteiger partial charge in [0.25, 0.3) is 0 Å². The third-order valence-electron chi connectivity index (χ3n) is 7.95. The minimum atomic E-state index is -1.22. The first-order valence-corrected chi connectivity index (χ1v) is 13.5. The zero-order chi connectivity index (χ0) is 28.0. The van der Waals surface area contributed by atoms with Gasteiger partial charge in [-0.25, -0.2) is 8.78 Å². The molecule has 3 N–H and O–H groups in total. The first-order chi connectivity index (χ1) is 17.7. The summed E-state index contributed by atoms with van der Waals surface area (Å²) in [5.74, 6) is -2.30. The number of carbonyl (C=O) groups is 2. The highest BCUT2D eigenvalue weighted by Gasteiger charge is 2.67. The Hall–Kier alpha value is -2.29. The molecule has 1 saturated carbocycles. The fourth-order valence-corrected chi connectivity index (χ4v) is 6.66. The van der Waals surface area contributed by atoms with Gasteiger partial charge >= 0.3 is 5.97 Å². The van der Waals surface area contributed by atoms with Crippen molar-refractivity contribution in [3.63, 3.8) is 0 Å². The molecule has 1 unspecified atom stereocenters. The van der Waals surface area contributed by atoms with Gasteiger partial charge in [0.2, 0.25) is 5.91 Å². The van der Waals surface area contributed by atoms with E-state index in [0.717, 1.165) is 6.08 Å². The molecule has 1 aromatic rings. The van der Waals surface area contributed by atoms with E-state index < -0.39 is 53.4 Å². The maximum Gasteiger partial charge on any atom is 0.324 e. The molecule has 1 aromatic carbocycles. The minimum absolute atomic E-state index is 0.174. The Morgan fingerprint density at radius 2 is 2.05 bits per heavy atom. The number of fused-ring (bicyclic) bond motifs is 2. The van der Waals surface area contributed by atoms with Crippen molar-refractivity contribution >= 4 is 23.5 Å². The molecular weight excluding hydrogens is 514 g/mol. The standard InChI is InChI=1S/C29H37ClF2N2O4/c1-16(7-6-8-18(32)15-31)23-24(25(35)33-19-12-28(5,37)13-19)34-22(14-27(2,3)4)29(23)20-10-9-17(30)11-21(20)38-26(29)36/h6-11,16,19,22-24,34,37H,12-15H2,1-5H3,(H,33,35)/b7-6-,18-8+/t16?,19?,22-,23+,24-,28?,29+/m1/s1. The molecule has 2 heterocycles. The molecule has 1 saturated heterocycles. The van der Waals surface area contributed by atoms with E-state index in [1.165, 1.54) is 6.08 Å². The van der Waals surface area contributed by atoms with Gasteiger partial charge in [-0.3, -0.25) is 9.59 Å².